The minimum atomic E-state index is 0.520. The lowest BCUT2D eigenvalue weighted by atomic mass is 10.1. The molecule has 21 heavy (non-hydrogen) atoms. The number of aromatic nitrogens is 1. The van der Waals surface area contributed by atoms with Crippen LogP contribution in [0.1, 0.15) is 18.9 Å². The molecule has 2 aromatic rings. The number of ether oxygens (including phenoxy) is 1. The number of nitrogens with two attached hydrogens (primary N) is 1. The molecule has 0 amide bonds. The minimum Gasteiger partial charge on any atom is -0.497 e. The largest absolute Gasteiger partial charge is 0.497 e. The summed E-state index contributed by atoms with van der Waals surface area (Å²) in [7, 11) is 1.63. The van der Waals surface area contributed by atoms with Gasteiger partial charge >= 0.3 is 0 Å². The molecule has 110 valence electrons. The predicted octanol–water partition coefficient (Wildman–Crippen LogP) is 2.56. The lowest BCUT2D eigenvalue weighted by Gasteiger charge is -2.20. The van der Waals surface area contributed by atoms with Gasteiger partial charge in [0, 0.05) is 36.5 Å². The number of nitrogens with zero attached hydrogens (tertiary/aromatic N) is 3. The second-order valence-corrected chi connectivity index (χ2v) is 4.87. The van der Waals surface area contributed by atoms with E-state index in [0.717, 1.165) is 35.3 Å². The van der Waals surface area contributed by atoms with Crippen molar-refractivity contribution in [2.75, 3.05) is 25.9 Å². The molecule has 0 unspecified atom stereocenters. The predicted molar refractivity (Wildman–Crippen MR) is 83.9 cm³/mol. The van der Waals surface area contributed by atoms with Crippen LogP contribution in [-0.4, -0.2) is 30.1 Å². The van der Waals surface area contributed by atoms with Gasteiger partial charge in [-0.05, 0) is 24.7 Å². The molecule has 0 aliphatic rings. The van der Waals surface area contributed by atoms with Crippen molar-refractivity contribution in [2.45, 2.75) is 19.9 Å². The standard InChI is InChI=1S/C16H20N4O/c1-3-20(8-4-7-17)11-13-9-12-5-6-14(21-2)10-15(12)19-16(13)18/h5-6,9-10H,3-4,8,11H2,1-2H3,(H2,18,19). The number of nitrogen functional groups attached to an aromatic ring is 1. The Labute approximate surface area is 124 Å². The summed E-state index contributed by atoms with van der Waals surface area (Å²) in [6.45, 7) is 4.40. The average Bonchev–Trinajstić information content (AvgIpc) is 2.51. The Morgan fingerprint density at radius 3 is 2.86 bits per heavy atom. The first kappa shape index (κ1) is 15.1. The molecule has 1 heterocycles. The quantitative estimate of drug-likeness (QED) is 0.882. The van der Waals surface area contributed by atoms with Crippen LogP contribution in [-0.2, 0) is 6.54 Å². The van der Waals surface area contributed by atoms with Crippen LogP contribution < -0.4 is 10.5 Å². The van der Waals surface area contributed by atoms with Crippen LogP contribution in [0.15, 0.2) is 24.3 Å². The van der Waals surface area contributed by atoms with E-state index in [0.29, 0.717) is 18.8 Å². The Balaban J connectivity index is 2.28. The van der Waals surface area contributed by atoms with E-state index in [9.17, 15) is 0 Å². The number of pyridine rings is 1. The smallest absolute Gasteiger partial charge is 0.128 e. The molecule has 1 aromatic carbocycles. The first-order valence-corrected chi connectivity index (χ1v) is 7.00. The van der Waals surface area contributed by atoms with Crippen LogP contribution in [0.25, 0.3) is 10.9 Å². The van der Waals surface area contributed by atoms with E-state index in [1.165, 1.54) is 0 Å². The monoisotopic (exact) mass is 284 g/mol. The van der Waals surface area contributed by atoms with Crippen molar-refractivity contribution in [1.82, 2.24) is 9.88 Å². The van der Waals surface area contributed by atoms with Crippen molar-refractivity contribution in [3.8, 4) is 11.8 Å². The fourth-order valence-corrected chi connectivity index (χ4v) is 2.26. The molecule has 1 aromatic heterocycles. The Bertz CT molecular complexity index is 663. The summed E-state index contributed by atoms with van der Waals surface area (Å²) in [5, 5.41) is 9.73. The van der Waals surface area contributed by atoms with E-state index >= 15 is 0 Å². The molecule has 0 atom stereocenters. The Kier molecular flexibility index (Phi) is 4.96. The minimum absolute atomic E-state index is 0.520. The summed E-state index contributed by atoms with van der Waals surface area (Å²) >= 11 is 0. The van der Waals surface area contributed by atoms with Gasteiger partial charge in [0.1, 0.15) is 11.6 Å². The number of benzene rings is 1. The van der Waals surface area contributed by atoms with Crippen LogP contribution >= 0.6 is 0 Å². The fourth-order valence-electron chi connectivity index (χ4n) is 2.26. The normalized spacial score (nSPS) is 10.8. The van der Waals surface area contributed by atoms with Gasteiger partial charge in [0.2, 0.25) is 0 Å². The topological polar surface area (TPSA) is 75.2 Å². The first-order chi connectivity index (χ1) is 10.2. The molecule has 0 saturated carbocycles. The number of fused-ring (bicyclic) bond motifs is 1. The van der Waals surface area contributed by atoms with Crippen molar-refractivity contribution < 1.29 is 4.74 Å². The Hall–Kier alpha value is -2.32. The van der Waals surface area contributed by atoms with Gasteiger partial charge in [-0.2, -0.15) is 5.26 Å². The van der Waals surface area contributed by atoms with Gasteiger partial charge in [-0.1, -0.05) is 6.92 Å². The molecule has 0 aliphatic carbocycles. The third kappa shape index (κ3) is 3.61. The second-order valence-electron chi connectivity index (χ2n) is 4.87. The van der Waals surface area contributed by atoms with Crippen LogP contribution in [0.2, 0.25) is 0 Å². The van der Waals surface area contributed by atoms with E-state index in [2.05, 4.69) is 28.9 Å². The fraction of sp³-hybridized carbons (Fsp3) is 0.375. The molecule has 0 saturated heterocycles. The Morgan fingerprint density at radius 2 is 2.19 bits per heavy atom. The van der Waals surface area contributed by atoms with Crippen molar-refractivity contribution in [3.63, 3.8) is 0 Å². The maximum absolute atomic E-state index is 8.70. The first-order valence-electron chi connectivity index (χ1n) is 7.00. The molecule has 5 heteroatoms. The molecule has 0 spiro atoms. The zero-order chi connectivity index (χ0) is 15.2. The van der Waals surface area contributed by atoms with Crippen LogP contribution in [0.5, 0.6) is 5.75 Å². The molecular formula is C16H20N4O. The van der Waals surface area contributed by atoms with Gasteiger partial charge in [0.15, 0.2) is 0 Å². The highest BCUT2D eigenvalue weighted by molar-refractivity contribution is 5.82. The highest BCUT2D eigenvalue weighted by Crippen LogP contribution is 2.23. The summed E-state index contributed by atoms with van der Waals surface area (Å²) in [5.74, 6) is 1.30. The zero-order valence-electron chi connectivity index (χ0n) is 12.5. The molecule has 0 bridgehead atoms. The van der Waals surface area contributed by atoms with E-state index in [-0.39, 0.29) is 0 Å². The van der Waals surface area contributed by atoms with Crippen molar-refractivity contribution in [2.24, 2.45) is 0 Å². The van der Waals surface area contributed by atoms with Crippen LogP contribution in [0.3, 0.4) is 0 Å². The Morgan fingerprint density at radius 1 is 1.38 bits per heavy atom. The molecule has 5 nitrogen and oxygen atoms in total. The van der Waals surface area contributed by atoms with Gasteiger partial charge in [-0.15, -0.1) is 0 Å². The van der Waals surface area contributed by atoms with Crippen LogP contribution in [0.4, 0.5) is 5.82 Å². The second kappa shape index (κ2) is 6.91. The van der Waals surface area contributed by atoms with E-state index < -0.39 is 0 Å². The highest BCUT2D eigenvalue weighted by Gasteiger charge is 2.09. The summed E-state index contributed by atoms with van der Waals surface area (Å²) in [6, 6.07) is 10.0. The van der Waals surface area contributed by atoms with Crippen LogP contribution in [0, 0.1) is 11.3 Å². The van der Waals surface area contributed by atoms with Gasteiger partial charge in [-0.25, -0.2) is 4.98 Å². The summed E-state index contributed by atoms with van der Waals surface area (Å²) in [5.41, 5.74) is 7.89. The maximum atomic E-state index is 8.70. The van der Waals surface area contributed by atoms with Gasteiger partial charge in [0.25, 0.3) is 0 Å². The summed E-state index contributed by atoms with van der Waals surface area (Å²) in [4.78, 5) is 6.64. The zero-order valence-corrected chi connectivity index (χ0v) is 12.5. The molecule has 2 rings (SSSR count). The van der Waals surface area contributed by atoms with Gasteiger partial charge < -0.3 is 10.5 Å². The molecular weight excluding hydrogens is 264 g/mol. The highest BCUT2D eigenvalue weighted by atomic mass is 16.5. The van der Waals surface area contributed by atoms with Gasteiger partial charge in [0.05, 0.1) is 18.7 Å². The number of methoxy groups -OCH3 is 1. The summed E-state index contributed by atoms with van der Waals surface area (Å²) in [6.07, 6.45) is 0.520. The molecule has 2 N–H and O–H groups in total. The van der Waals surface area contributed by atoms with Crippen molar-refractivity contribution in [3.05, 3.63) is 29.8 Å². The number of anilines is 1. The number of nitriles is 1. The van der Waals surface area contributed by atoms with E-state index in [4.69, 9.17) is 15.7 Å². The third-order valence-electron chi connectivity index (χ3n) is 3.52. The lowest BCUT2D eigenvalue weighted by molar-refractivity contribution is 0.287. The van der Waals surface area contributed by atoms with Gasteiger partial charge in [-0.3, -0.25) is 4.90 Å². The maximum Gasteiger partial charge on any atom is 0.128 e. The molecule has 0 radical (unpaired) electrons. The molecule has 0 aliphatic heterocycles. The summed E-state index contributed by atoms with van der Waals surface area (Å²) < 4.78 is 5.20. The van der Waals surface area contributed by atoms with E-state index in [1.807, 2.05) is 18.2 Å². The third-order valence-corrected chi connectivity index (χ3v) is 3.52. The van der Waals surface area contributed by atoms with Crippen molar-refractivity contribution >= 4 is 16.7 Å². The number of rotatable bonds is 6. The number of hydrogen-bond acceptors (Lipinski definition) is 5. The van der Waals surface area contributed by atoms with Crippen molar-refractivity contribution in [1.29, 1.82) is 5.26 Å². The molecule has 0 fully saturated rings. The average molecular weight is 284 g/mol. The van der Waals surface area contributed by atoms with E-state index in [1.54, 1.807) is 7.11 Å². The lowest BCUT2D eigenvalue weighted by Crippen LogP contribution is -2.24. The SMILES string of the molecule is CCN(CCC#N)Cc1cc2ccc(OC)cc2nc1N. The number of hydrogen-bond donors (Lipinski definition) is 1.